The summed E-state index contributed by atoms with van der Waals surface area (Å²) in [7, 11) is -3.76. The topological polar surface area (TPSA) is 72.2 Å². The lowest BCUT2D eigenvalue weighted by Crippen LogP contribution is -2.40. The van der Waals surface area contributed by atoms with E-state index in [-0.39, 0.29) is 27.6 Å². The van der Waals surface area contributed by atoms with Gasteiger partial charge in [-0.3, -0.25) is 0 Å². The molecule has 118 valence electrons. The fourth-order valence-electron chi connectivity index (χ4n) is 3.03. The van der Waals surface area contributed by atoms with Crippen molar-refractivity contribution in [3.05, 3.63) is 23.5 Å². The van der Waals surface area contributed by atoms with Crippen molar-refractivity contribution in [1.29, 1.82) is 0 Å². The lowest BCUT2D eigenvalue weighted by molar-refractivity contribution is 0.212. The molecule has 4 nitrogen and oxygen atoms in total. The van der Waals surface area contributed by atoms with Crippen LogP contribution in [0.15, 0.2) is 17.0 Å². The van der Waals surface area contributed by atoms with Crippen LogP contribution in [0.1, 0.15) is 45.1 Å². The predicted molar refractivity (Wildman–Crippen MR) is 81.9 cm³/mol. The SMILES string of the molecule is Cc1c(F)cc(N)cc1S(=O)(=O)NC1CCCC(C)(C)C1. The maximum absolute atomic E-state index is 13.7. The van der Waals surface area contributed by atoms with E-state index in [0.29, 0.717) is 0 Å². The molecule has 0 aliphatic heterocycles. The summed E-state index contributed by atoms with van der Waals surface area (Å²) in [6.07, 6.45) is 3.68. The second-order valence-corrected chi connectivity index (χ2v) is 8.39. The summed E-state index contributed by atoms with van der Waals surface area (Å²) in [5.41, 5.74) is 5.91. The minimum absolute atomic E-state index is 0.0663. The Bertz CT molecular complexity index is 641. The molecule has 0 radical (unpaired) electrons. The molecular weight excluding hydrogens is 291 g/mol. The van der Waals surface area contributed by atoms with E-state index in [4.69, 9.17) is 5.73 Å². The third-order valence-electron chi connectivity index (χ3n) is 4.14. The Balaban J connectivity index is 2.27. The third-order valence-corrected chi connectivity index (χ3v) is 5.78. The molecule has 1 fully saturated rings. The smallest absolute Gasteiger partial charge is 0.241 e. The fourth-order valence-corrected chi connectivity index (χ4v) is 4.59. The van der Waals surface area contributed by atoms with Gasteiger partial charge in [0.05, 0.1) is 4.90 Å². The number of nitrogens with two attached hydrogens (primary N) is 1. The van der Waals surface area contributed by atoms with Gasteiger partial charge in [0.15, 0.2) is 0 Å². The summed E-state index contributed by atoms with van der Waals surface area (Å²) in [4.78, 5) is -0.0663. The molecule has 0 aromatic heterocycles. The minimum atomic E-state index is -3.76. The van der Waals surface area contributed by atoms with Gasteiger partial charge in [0, 0.05) is 17.3 Å². The molecule has 0 amide bonds. The van der Waals surface area contributed by atoms with E-state index in [1.165, 1.54) is 13.0 Å². The molecule has 0 saturated heterocycles. The number of rotatable bonds is 3. The van der Waals surface area contributed by atoms with Crippen molar-refractivity contribution in [1.82, 2.24) is 4.72 Å². The molecule has 1 saturated carbocycles. The molecule has 1 aromatic carbocycles. The van der Waals surface area contributed by atoms with Gasteiger partial charge in [-0.25, -0.2) is 17.5 Å². The Morgan fingerprint density at radius 1 is 1.38 bits per heavy atom. The van der Waals surface area contributed by atoms with Crippen LogP contribution in [-0.4, -0.2) is 14.5 Å². The molecule has 1 atom stereocenters. The molecule has 1 unspecified atom stereocenters. The zero-order valence-corrected chi connectivity index (χ0v) is 13.6. The van der Waals surface area contributed by atoms with E-state index in [1.54, 1.807) is 0 Å². The summed E-state index contributed by atoms with van der Waals surface area (Å²) >= 11 is 0. The van der Waals surface area contributed by atoms with Gasteiger partial charge in [-0.1, -0.05) is 20.3 Å². The van der Waals surface area contributed by atoms with Crippen LogP contribution in [0.2, 0.25) is 0 Å². The van der Waals surface area contributed by atoms with Crippen LogP contribution in [-0.2, 0) is 10.0 Å². The molecule has 21 heavy (non-hydrogen) atoms. The second-order valence-electron chi connectivity index (χ2n) is 6.70. The Morgan fingerprint density at radius 2 is 2.05 bits per heavy atom. The normalized spacial score (nSPS) is 22.2. The number of halogens is 1. The summed E-state index contributed by atoms with van der Waals surface area (Å²) in [6.45, 7) is 5.73. The number of nitrogen functional groups attached to an aromatic ring is 1. The lowest BCUT2D eigenvalue weighted by Gasteiger charge is -2.35. The van der Waals surface area contributed by atoms with Gasteiger partial charge in [0.2, 0.25) is 10.0 Å². The van der Waals surface area contributed by atoms with E-state index in [9.17, 15) is 12.8 Å². The molecule has 0 spiro atoms. The lowest BCUT2D eigenvalue weighted by atomic mass is 9.75. The molecule has 3 N–H and O–H groups in total. The largest absolute Gasteiger partial charge is 0.399 e. The van der Waals surface area contributed by atoms with Crippen LogP contribution in [0.4, 0.5) is 10.1 Å². The monoisotopic (exact) mass is 314 g/mol. The minimum Gasteiger partial charge on any atom is -0.399 e. The van der Waals surface area contributed by atoms with Crippen LogP contribution in [0, 0.1) is 18.2 Å². The highest BCUT2D eigenvalue weighted by Gasteiger charge is 2.31. The van der Waals surface area contributed by atoms with Gasteiger partial charge in [-0.15, -0.1) is 0 Å². The van der Waals surface area contributed by atoms with Gasteiger partial charge >= 0.3 is 0 Å². The maximum atomic E-state index is 13.7. The van der Waals surface area contributed by atoms with Gasteiger partial charge in [-0.05, 0) is 43.7 Å². The van der Waals surface area contributed by atoms with Crippen molar-refractivity contribution in [2.75, 3.05) is 5.73 Å². The van der Waals surface area contributed by atoms with Gasteiger partial charge in [0.1, 0.15) is 5.82 Å². The van der Waals surface area contributed by atoms with Gasteiger partial charge < -0.3 is 5.73 Å². The summed E-state index contributed by atoms with van der Waals surface area (Å²) in [6, 6.07) is 2.34. The van der Waals surface area contributed by atoms with Crippen molar-refractivity contribution in [2.24, 2.45) is 5.41 Å². The maximum Gasteiger partial charge on any atom is 0.241 e. The number of hydrogen-bond acceptors (Lipinski definition) is 3. The van der Waals surface area contributed by atoms with E-state index < -0.39 is 15.8 Å². The number of sulfonamides is 1. The van der Waals surface area contributed by atoms with Gasteiger partial charge in [0.25, 0.3) is 0 Å². The zero-order valence-electron chi connectivity index (χ0n) is 12.7. The van der Waals surface area contributed by atoms with Crippen LogP contribution >= 0.6 is 0 Å². The van der Waals surface area contributed by atoms with Crippen LogP contribution < -0.4 is 10.5 Å². The van der Waals surface area contributed by atoms with E-state index in [1.807, 2.05) is 0 Å². The zero-order chi connectivity index (χ0) is 15.8. The van der Waals surface area contributed by atoms with Crippen LogP contribution in [0.5, 0.6) is 0 Å². The van der Waals surface area contributed by atoms with E-state index in [2.05, 4.69) is 18.6 Å². The summed E-state index contributed by atoms with van der Waals surface area (Å²) in [5, 5.41) is 0. The fraction of sp³-hybridized carbons (Fsp3) is 0.600. The molecule has 6 heteroatoms. The Hall–Kier alpha value is -1.14. The molecule has 2 rings (SSSR count). The van der Waals surface area contributed by atoms with E-state index >= 15 is 0 Å². The van der Waals surface area contributed by atoms with Crippen molar-refractivity contribution >= 4 is 15.7 Å². The molecular formula is C15H23FN2O2S. The number of hydrogen-bond donors (Lipinski definition) is 2. The Kier molecular flexibility index (Phi) is 4.31. The standard InChI is InChI=1S/C15H23FN2O2S/c1-10-13(16)7-11(17)8-14(10)21(19,20)18-12-5-4-6-15(2,3)9-12/h7-8,12,18H,4-6,9,17H2,1-3H3. The molecule has 1 aromatic rings. The number of nitrogens with one attached hydrogen (secondary N) is 1. The second kappa shape index (κ2) is 5.57. The Labute approximate surface area is 126 Å². The average molecular weight is 314 g/mol. The molecule has 0 bridgehead atoms. The first-order chi connectivity index (χ1) is 9.61. The first kappa shape index (κ1) is 16.2. The van der Waals surface area contributed by atoms with Crippen LogP contribution in [0.25, 0.3) is 0 Å². The average Bonchev–Trinajstić information content (AvgIpc) is 2.31. The van der Waals surface area contributed by atoms with Gasteiger partial charge in [-0.2, -0.15) is 0 Å². The van der Waals surface area contributed by atoms with Crippen molar-refractivity contribution in [2.45, 2.75) is 57.4 Å². The molecule has 1 aliphatic rings. The number of anilines is 1. The Morgan fingerprint density at radius 3 is 2.67 bits per heavy atom. The van der Waals surface area contributed by atoms with Crippen molar-refractivity contribution in [3.8, 4) is 0 Å². The molecule has 0 heterocycles. The highest BCUT2D eigenvalue weighted by Crippen LogP contribution is 2.35. The first-order valence-corrected chi connectivity index (χ1v) is 8.67. The molecule has 1 aliphatic carbocycles. The van der Waals surface area contributed by atoms with Crippen molar-refractivity contribution < 1.29 is 12.8 Å². The predicted octanol–water partition coefficient (Wildman–Crippen LogP) is 2.96. The van der Waals surface area contributed by atoms with Crippen LogP contribution in [0.3, 0.4) is 0 Å². The third kappa shape index (κ3) is 3.74. The van der Waals surface area contributed by atoms with Crippen molar-refractivity contribution in [3.63, 3.8) is 0 Å². The summed E-state index contributed by atoms with van der Waals surface area (Å²) < 4.78 is 41.4. The highest BCUT2D eigenvalue weighted by atomic mass is 32.2. The number of benzene rings is 1. The quantitative estimate of drug-likeness (QED) is 0.843. The highest BCUT2D eigenvalue weighted by molar-refractivity contribution is 7.89. The van der Waals surface area contributed by atoms with E-state index in [0.717, 1.165) is 31.7 Å². The summed E-state index contributed by atoms with van der Waals surface area (Å²) in [5.74, 6) is -0.598. The first-order valence-electron chi connectivity index (χ1n) is 7.19.